The van der Waals surface area contributed by atoms with Gasteiger partial charge < -0.3 is 5.11 Å². The van der Waals surface area contributed by atoms with Crippen molar-refractivity contribution < 1.29 is 13.9 Å². The highest BCUT2D eigenvalue weighted by atomic mass is 19.1. The third-order valence-corrected chi connectivity index (χ3v) is 2.05. The molecule has 2 rings (SSSR count). The molecule has 0 aliphatic carbocycles. The van der Waals surface area contributed by atoms with Gasteiger partial charge in [-0.1, -0.05) is 18.2 Å². The van der Waals surface area contributed by atoms with Gasteiger partial charge in [0, 0.05) is 12.1 Å². The number of hydrogen-bond acceptors (Lipinski definition) is 3. The summed E-state index contributed by atoms with van der Waals surface area (Å²) in [6, 6.07) is 10.1. The van der Waals surface area contributed by atoms with Gasteiger partial charge in [-0.2, -0.15) is 5.11 Å². The van der Waals surface area contributed by atoms with Crippen LogP contribution in [0.2, 0.25) is 0 Å². The van der Waals surface area contributed by atoms with Gasteiger partial charge in [0.15, 0.2) is 17.4 Å². The number of nitrogens with zero attached hydrogens (tertiary/aromatic N) is 2. The number of rotatable bonds is 2. The SMILES string of the molecule is Oc1cc(F)c(/N=N/c2ccccc2)cc1F. The summed E-state index contributed by atoms with van der Waals surface area (Å²) in [6.07, 6.45) is 0. The molecule has 0 amide bonds. The summed E-state index contributed by atoms with van der Waals surface area (Å²) < 4.78 is 26.2. The minimum Gasteiger partial charge on any atom is -0.505 e. The lowest BCUT2D eigenvalue weighted by Crippen LogP contribution is -1.80. The Balaban J connectivity index is 2.31. The summed E-state index contributed by atoms with van der Waals surface area (Å²) in [5, 5.41) is 16.2. The van der Waals surface area contributed by atoms with Crippen molar-refractivity contribution in [2.75, 3.05) is 0 Å². The second kappa shape index (κ2) is 4.69. The zero-order valence-corrected chi connectivity index (χ0v) is 8.64. The Kier molecular flexibility index (Phi) is 3.09. The van der Waals surface area contributed by atoms with E-state index in [1.165, 1.54) is 0 Å². The molecule has 1 N–H and O–H groups in total. The molecule has 0 atom stereocenters. The van der Waals surface area contributed by atoms with Gasteiger partial charge in [0.05, 0.1) is 5.69 Å². The monoisotopic (exact) mass is 234 g/mol. The smallest absolute Gasteiger partial charge is 0.167 e. The number of hydrogen-bond donors (Lipinski definition) is 1. The van der Waals surface area contributed by atoms with E-state index in [9.17, 15) is 8.78 Å². The number of halogens is 2. The fourth-order valence-corrected chi connectivity index (χ4v) is 1.21. The average Bonchev–Trinajstić information content (AvgIpc) is 2.33. The Morgan fingerprint density at radius 2 is 1.59 bits per heavy atom. The van der Waals surface area contributed by atoms with E-state index < -0.39 is 17.4 Å². The Hall–Kier alpha value is -2.30. The van der Waals surface area contributed by atoms with Gasteiger partial charge in [0.25, 0.3) is 0 Å². The van der Waals surface area contributed by atoms with E-state index in [-0.39, 0.29) is 5.69 Å². The highest BCUT2D eigenvalue weighted by Gasteiger charge is 2.08. The minimum atomic E-state index is -0.937. The molecule has 0 aliphatic rings. The lowest BCUT2D eigenvalue weighted by molar-refractivity contribution is 0.427. The second-order valence-corrected chi connectivity index (χ2v) is 3.29. The summed E-state index contributed by atoms with van der Waals surface area (Å²) in [5.74, 6) is -2.52. The molecular formula is C12H8F2N2O. The summed E-state index contributed by atoms with van der Waals surface area (Å²) in [5.41, 5.74) is 0.268. The van der Waals surface area contributed by atoms with Gasteiger partial charge in [-0.05, 0) is 12.1 Å². The van der Waals surface area contributed by atoms with Crippen LogP contribution in [0, 0.1) is 11.6 Å². The van der Waals surface area contributed by atoms with Crippen molar-refractivity contribution in [1.29, 1.82) is 0 Å². The fraction of sp³-hybridized carbons (Fsp3) is 0. The van der Waals surface area contributed by atoms with Crippen LogP contribution in [0.3, 0.4) is 0 Å². The van der Waals surface area contributed by atoms with Crippen LogP contribution in [-0.4, -0.2) is 5.11 Å². The highest BCUT2D eigenvalue weighted by molar-refractivity contribution is 5.44. The molecule has 86 valence electrons. The molecule has 0 aromatic heterocycles. The molecule has 2 aromatic carbocycles. The summed E-state index contributed by atoms with van der Waals surface area (Å²) >= 11 is 0. The van der Waals surface area contributed by atoms with Gasteiger partial charge >= 0.3 is 0 Å². The number of phenolic OH excluding ortho intramolecular Hbond substituents is 1. The van der Waals surface area contributed by atoms with E-state index in [1.54, 1.807) is 30.3 Å². The second-order valence-electron chi connectivity index (χ2n) is 3.29. The molecule has 2 aromatic rings. The predicted octanol–water partition coefficient (Wildman–Crippen LogP) is 4.09. The third kappa shape index (κ3) is 2.63. The Labute approximate surface area is 96.1 Å². The Morgan fingerprint density at radius 1 is 0.882 bits per heavy atom. The molecule has 0 aliphatic heterocycles. The highest BCUT2D eigenvalue weighted by Crippen LogP contribution is 2.27. The Bertz CT molecular complexity index is 556. The van der Waals surface area contributed by atoms with Crippen molar-refractivity contribution in [2.45, 2.75) is 0 Å². The van der Waals surface area contributed by atoms with Crippen molar-refractivity contribution in [1.82, 2.24) is 0 Å². The first-order valence-corrected chi connectivity index (χ1v) is 4.81. The van der Waals surface area contributed by atoms with E-state index in [1.807, 2.05) is 0 Å². The molecular weight excluding hydrogens is 226 g/mol. The van der Waals surface area contributed by atoms with E-state index in [2.05, 4.69) is 10.2 Å². The maximum absolute atomic E-state index is 13.3. The Morgan fingerprint density at radius 3 is 2.29 bits per heavy atom. The van der Waals surface area contributed by atoms with Crippen molar-refractivity contribution in [3.8, 4) is 5.75 Å². The van der Waals surface area contributed by atoms with E-state index >= 15 is 0 Å². The quantitative estimate of drug-likeness (QED) is 0.781. The molecule has 5 heteroatoms. The van der Waals surface area contributed by atoms with Gasteiger partial charge in [-0.15, -0.1) is 5.11 Å². The first kappa shape index (κ1) is 11.2. The first-order chi connectivity index (χ1) is 8.16. The topological polar surface area (TPSA) is 45.0 Å². The van der Waals surface area contributed by atoms with E-state index in [0.29, 0.717) is 11.8 Å². The average molecular weight is 234 g/mol. The summed E-state index contributed by atoms with van der Waals surface area (Å²) in [7, 11) is 0. The minimum absolute atomic E-state index is 0.260. The molecule has 0 saturated heterocycles. The van der Waals surface area contributed by atoms with E-state index in [0.717, 1.165) is 6.07 Å². The number of phenols is 1. The molecule has 3 nitrogen and oxygen atoms in total. The molecule has 0 bridgehead atoms. The standard InChI is InChI=1S/C12H8F2N2O/c13-9-7-12(17)10(14)6-11(9)16-15-8-4-2-1-3-5-8/h1-7,17H/b16-15+. The molecule has 0 spiro atoms. The van der Waals surface area contributed by atoms with Gasteiger partial charge in [-0.25, -0.2) is 8.78 Å². The van der Waals surface area contributed by atoms with Gasteiger partial charge in [-0.3, -0.25) is 0 Å². The van der Waals surface area contributed by atoms with Crippen LogP contribution in [0.15, 0.2) is 52.7 Å². The van der Waals surface area contributed by atoms with Crippen LogP contribution in [0.4, 0.5) is 20.2 Å². The largest absolute Gasteiger partial charge is 0.505 e. The first-order valence-electron chi connectivity index (χ1n) is 4.81. The molecule has 0 radical (unpaired) electrons. The van der Waals surface area contributed by atoms with Gasteiger partial charge in [0.2, 0.25) is 0 Å². The molecule has 0 fully saturated rings. The number of azo groups is 1. The van der Waals surface area contributed by atoms with Crippen LogP contribution >= 0.6 is 0 Å². The number of benzene rings is 2. The summed E-state index contributed by atoms with van der Waals surface area (Å²) in [6.45, 7) is 0. The zero-order chi connectivity index (χ0) is 12.3. The fourth-order valence-electron chi connectivity index (χ4n) is 1.21. The number of aromatic hydroxyl groups is 1. The van der Waals surface area contributed by atoms with Crippen LogP contribution in [-0.2, 0) is 0 Å². The van der Waals surface area contributed by atoms with Crippen LogP contribution in [0.25, 0.3) is 0 Å². The zero-order valence-electron chi connectivity index (χ0n) is 8.64. The molecule has 0 unspecified atom stereocenters. The van der Waals surface area contributed by atoms with Crippen molar-refractivity contribution in [2.24, 2.45) is 10.2 Å². The molecule has 0 heterocycles. The lowest BCUT2D eigenvalue weighted by Gasteiger charge is -1.98. The summed E-state index contributed by atoms with van der Waals surface area (Å²) in [4.78, 5) is 0. The van der Waals surface area contributed by atoms with Crippen molar-refractivity contribution >= 4 is 11.4 Å². The van der Waals surface area contributed by atoms with Crippen molar-refractivity contribution in [3.05, 3.63) is 54.1 Å². The van der Waals surface area contributed by atoms with Gasteiger partial charge in [0.1, 0.15) is 5.69 Å². The normalized spacial score (nSPS) is 10.9. The van der Waals surface area contributed by atoms with E-state index in [4.69, 9.17) is 5.11 Å². The third-order valence-electron chi connectivity index (χ3n) is 2.05. The van der Waals surface area contributed by atoms with Crippen LogP contribution in [0.1, 0.15) is 0 Å². The van der Waals surface area contributed by atoms with Crippen LogP contribution < -0.4 is 0 Å². The maximum Gasteiger partial charge on any atom is 0.167 e. The lowest BCUT2D eigenvalue weighted by atomic mass is 10.3. The maximum atomic E-state index is 13.3. The predicted molar refractivity (Wildman–Crippen MR) is 58.6 cm³/mol. The molecule has 0 saturated carbocycles. The van der Waals surface area contributed by atoms with Crippen LogP contribution in [0.5, 0.6) is 5.75 Å². The van der Waals surface area contributed by atoms with Crippen molar-refractivity contribution in [3.63, 3.8) is 0 Å². The molecule has 17 heavy (non-hydrogen) atoms.